The minimum Gasteiger partial charge on any atom is -0.495 e. The van der Waals surface area contributed by atoms with Gasteiger partial charge in [-0.15, -0.1) is 0 Å². The van der Waals surface area contributed by atoms with Crippen LogP contribution in [0.15, 0.2) is 97.1 Å². The smallest absolute Gasteiger partial charge is 0.269 e. The summed E-state index contributed by atoms with van der Waals surface area (Å²) in [7, 11) is 1.66. The minimum absolute atomic E-state index is 0.0692. The quantitative estimate of drug-likeness (QED) is 0.239. The molecule has 0 bridgehead atoms. The van der Waals surface area contributed by atoms with E-state index in [1.54, 1.807) is 19.2 Å². The highest BCUT2D eigenvalue weighted by molar-refractivity contribution is 6.07. The second-order valence-electron chi connectivity index (χ2n) is 7.50. The Bertz CT molecular complexity index is 1460. The molecule has 0 amide bonds. The molecule has 156 valence electrons. The number of fused-ring (bicyclic) bond motifs is 2. The third-order valence-electron chi connectivity index (χ3n) is 5.68. The molecule has 0 heterocycles. The van der Waals surface area contributed by atoms with Crippen LogP contribution in [0, 0.1) is 10.1 Å². The largest absolute Gasteiger partial charge is 0.495 e. The Hall–Kier alpha value is -4.38. The van der Waals surface area contributed by atoms with Gasteiger partial charge in [-0.1, -0.05) is 66.7 Å². The first-order chi connectivity index (χ1) is 15.7. The molecule has 0 aliphatic carbocycles. The summed E-state index contributed by atoms with van der Waals surface area (Å²) >= 11 is 0. The number of nitrogens with zero attached hydrogens (tertiary/aromatic N) is 1. The molecule has 0 fully saturated rings. The van der Waals surface area contributed by atoms with E-state index < -0.39 is 0 Å². The fourth-order valence-corrected chi connectivity index (χ4v) is 4.09. The first kappa shape index (κ1) is 19.6. The maximum atomic E-state index is 11.1. The molecule has 5 aromatic carbocycles. The molecular formula is C27H20N2O3. The molecule has 0 atom stereocenters. The number of rotatable bonds is 5. The fourth-order valence-electron chi connectivity index (χ4n) is 4.09. The molecule has 5 nitrogen and oxygen atoms in total. The Labute approximate surface area is 185 Å². The van der Waals surface area contributed by atoms with E-state index in [1.807, 2.05) is 42.5 Å². The molecule has 0 aromatic heterocycles. The average molecular weight is 420 g/mol. The van der Waals surface area contributed by atoms with E-state index >= 15 is 0 Å². The average Bonchev–Trinajstić information content (AvgIpc) is 2.84. The summed E-state index contributed by atoms with van der Waals surface area (Å²) in [6, 6.07) is 31.1. The Morgan fingerprint density at radius 3 is 1.94 bits per heavy atom. The van der Waals surface area contributed by atoms with Crippen molar-refractivity contribution in [1.82, 2.24) is 0 Å². The highest BCUT2D eigenvalue weighted by Gasteiger charge is 2.15. The maximum Gasteiger partial charge on any atom is 0.269 e. The van der Waals surface area contributed by atoms with E-state index in [1.165, 1.54) is 12.1 Å². The summed E-state index contributed by atoms with van der Waals surface area (Å²) in [4.78, 5) is 10.7. The molecule has 5 rings (SSSR count). The van der Waals surface area contributed by atoms with Gasteiger partial charge in [-0.05, 0) is 34.5 Å². The molecule has 1 N–H and O–H groups in total. The van der Waals surface area contributed by atoms with Gasteiger partial charge in [0.25, 0.3) is 5.69 Å². The maximum absolute atomic E-state index is 11.1. The van der Waals surface area contributed by atoms with Gasteiger partial charge in [0, 0.05) is 28.5 Å². The predicted molar refractivity (Wildman–Crippen MR) is 130 cm³/mol. The van der Waals surface area contributed by atoms with Gasteiger partial charge in [-0.2, -0.15) is 0 Å². The second-order valence-corrected chi connectivity index (χ2v) is 7.50. The third-order valence-corrected chi connectivity index (χ3v) is 5.68. The van der Waals surface area contributed by atoms with Crippen LogP contribution in [0.25, 0.3) is 32.7 Å². The lowest BCUT2D eigenvalue weighted by Gasteiger charge is -2.19. The molecule has 5 heteroatoms. The van der Waals surface area contributed by atoms with Crippen molar-refractivity contribution in [2.75, 3.05) is 12.4 Å². The number of nitro groups is 1. The van der Waals surface area contributed by atoms with Gasteiger partial charge >= 0.3 is 0 Å². The Kier molecular flexibility index (Phi) is 4.92. The van der Waals surface area contributed by atoms with Gasteiger partial charge in [-0.25, -0.2) is 0 Å². The second kappa shape index (κ2) is 8.04. The summed E-state index contributed by atoms with van der Waals surface area (Å²) in [5.74, 6) is 0.742. The topological polar surface area (TPSA) is 64.4 Å². The number of hydrogen-bond acceptors (Lipinski definition) is 4. The van der Waals surface area contributed by atoms with Gasteiger partial charge in [-0.3, -0.25) is 10.1 Å². The van der Waals surface area contributed by atoms with Gasteiger partial charge < -0.3 is 10.1 Å². The summed E-state index contributed by atoms with van der Waals surface area (Å²) in [6.07, 6.45) is 0. The minimum atomic E-state index is -0.385. The van der Waals surface area contributed by atoms with Crippen LogP contribution in [0.1, 0.15) is 0 Å². The van der Waals surface area contributed by atoms with Gasteiger partial charge in [0.1, 0.15) is 5.75 Å². The molecule has 0 saturated heterocycles. The van der Waals surface area contributed by atoms with Gasteiger partial charge in [0.2, 0.25) is 0 Å². The van der Waals surface area contributed by atoms with Crippen molar-refractivity contribution in [2.24, 2.45) is 0 Å². The number of ether oxygens (including phenoxy) is 1. The number of benzene rings is 5. The highest BCUT2D eigenvalue weighted by Crippen LogP contribution is 2.41. The molecule has 0 radical (unpaired) electrons. The Morgan fingerprint density at radius 1 is 0.719 bits per heavy atom. The van der Waals surface area contributed by atoms with E-state index in [0.29, 0.717) is 0 Å². The molecule has 0 saturated carbocycles. The highest BCUT2D eigenvalue weighted by atomic mass is 16.6. The Balaban J connectivity index is 1.74. The van der Waals surface area contributed by atoms with Crippen molar-refractivity contribution in [3.05, 3.63) is 107 Å². The van der Waals surface area contributed by atoms with Gasteiger partial charge in [0.15, 0.2) is 0 Å². The van der Waals surface area contributed by atoms with Crippen molar-refractivity contribution < 1.29 is 9.66 Å². The number of hydrogen-bond donors (Lipinski definition) is 1. The van der Waals surface area contributed by atoms with Crippen molar-refractivity contribution in [1.29, 1.82) is 0 Å². The van der Waals surface area contributed by atoms with E-state index in [4.69, 9.17) is 4.74 Å². The number of nitrogens with one attached hydrogen (secondary N) is 1. The van der Waals surface area contributed by atoms with Crippen molar-refractivity contribution >= 4 is 38.6 Å². The molecule has 0 aliphatic rings. The van der Waals surface area contributed by atoms with Crippen molar-refractivity contribution in [3.63, 3.8) is 0 Å². The van der Waals surface area contributed by atoms with E-state index in [2.05, 4.69) is 35.6 Å². The standard InChI is InChI=1S/C27H20N2O3/c1-32-25-17-13-19-7-3-5-9-23(19)27(25)28-26-22-8-4-2-6-18(22)12-16-24(26)20-10-14-21(15-11-20)29(30)31/h2-17,28H,1H3. The summed E-state index contributed by atoms with van der Waals surface area (Å²) in [5, 5.41) is 19.1. The van der Waals surface area contributed by atoms with E-state index in [0.717, 1.165) is 49.8 Å². The summed E-state index contributed by atoms with van der Waals surface area (Å²) in [6.45, 7) is 0. The Morgan fingerprint density at radius 2 is 1.31 bits per heavy atom. The predicted octanol–water partition coefficient (Wildman–Crippen LogP) is 7.32. The molecule has 0 aliphatic heterocycles. The zero-order valence-electron chi connectivity index (χ0n) is 17.4. The van der Waals surface area contributed by atoms with Crippen LogP contribution >= 0.6 is 0 Å². The van der Waals surface area contributed by atoms with Crippen LogP contribution in [0.3, 0.4) is 0 Å². The molecular weight excluding hydrogens is 400 g/mol. The summed E-state index contributed by atoms with van der Waals surface area (Å²) < 4.78 is 5.69. The molecule has 5 aromatic rings. The van der Waals surface area contributed by atoms with Crippen LogP contribution < -0.4 is 10.1 Å². The molecule has 0 unspecified atom stereocenters. The van der Waals surface area contributed by atoms with Crippen molar-refractivity contribution in [2.45, 2.75) is 0 Å². The molecule has 0 spiro atoms. The van der Waals surface area contributed by atoms with Crippen LogP contribution in [0.5, 0.6) is 5.75 Å². The molecule has 32 heavy (non-hydrogen) atoms. The van der Waals surface area contributed by atoms with E-state index in [9.17, 15) is 10.1 Å². The zero-order valence-corrected chi connectivity index (χ0v) is 17.4. The van der Waals surface area contributed by atoms with Crippen LogP contribution in [0.4, 0.5) is 17.1 Å². The number of nitro benzene ring substituents is 1. The first-order valence-corrected chi connectivity index (χ1v) is 10.2. The number of non-ortho nitro benzene ring substituents is 1. The monoisotopic (exact) mass is 420 g/mol. The lowest BCUT2D eigenvalue weighted by Crippen LogP contribution is -1.99. The lowest BCUT2D eigenvalue weighted by molar-refractivity contribution is -0.384. The lowest BCUT2D eigenvalue weighted by atomic mass is 9.97. The zero-order chi connectivity index (χ0) is 22.1. The van der Waals surface area contributed by atoms with E-state index in [-0.39, 0.29) is 10.6 Å². The normalized spacial score (nSPS) is 10.9. The third kappa shape index (κ3) is 3.40. The van der Waals surface area contributed by atoms with Crippen LogP contribution in [0.2, 0.25) is 0 Å². The van der Waals surface area contributed by atoms with Crippen LogP contribution in [-0.2, 0) is 0 Å². The SMILES string of the molecule is COc1ccc2ccccc2c1Nc1c(-c2ccc([N+](=O)[O-])cc2)ccc2ccccc12. The first-order valence-electron chi connectivity index (χ1n) is 10.2. The van der Waals surface area contributed by atoms with Gasteiger partial charge in [0.05, 0.1) is 23.4 Å². The number of methoxy groups -OCH3 is 1. The number of anilines is 2. The summed E-state index contributed by atoms with van der Waals surface area (Å²) in [5.41, 5.74) is 3.72. The van der Waals surface area contributed by atoms with Crippen molar-refractivity contribution in [3.8, 4) is 16.9 Å². The van der Waals surface area contributed by atoms with Crippen LogP contribution in [-0.4, -0.2) is 12.0 Å². The fraction of sp³-hybridized carbons (Fsp3) is 0.0370.